The molecular formula is C20H36N2O4. The molecule has 0 spiro atoms. The predicted octanol–water partition coefficient (Wildman–Crippen LogP) is 3.19. The summed E-state index contributed by atoms with van der Waals surface area (Å²) < 4.78 is 5.24. The summed E-state index contributed by atoms with van der Waals surface area (Å²) in [6.45, 7) is 4.92. The number of amides is 2. The molecule has 1 heterocycles. The highest BCUT2D eigenvalue weighted by molar-refractivity contribution is 5.91. The Morgan fingerprint density at radius 2 is 1.62 bits per heavy atom. The number of piperazine rings is 1. The Balaban J connectivity index is 2.06. The molecular weight excluding hydrogens is 332 g/mol. The number of carbonyl (C=O) groups is 3. The van der Waals surface area contributed by atoms with Crippen LogP contribution in [0.2, 0.25) is 0 Å². The van der Waals surface area contributed by atoms with Gasteiger partial charge in [-0.15, -0.1) is 0 Å². The van der Waals surface area contributed by atoms with Crippen LogP contribution in [0.1, 0.15) is 84.5 Å². The fourth-order valence-corrected chi connectivity index (χ4v) is 3.29. The normalized spacial score (nSPS) is 17.1. The topological polar surface area (TPSA) is 75.7 Å². The van der Waals surface area contributed by atoms with Gasteiger partial charge in [-0.2, -0.15) is 0 Å². The third-order valence-corrected chi connectivity index (χ3v) is 4.86. The minimum atomic E-state index is -0.735. The Morgan fingerprint density at radius 3 is 2.19 bits per heavy atom. The van der Waals surface area contributed by atoms with Crippen LogP contribution in [-0.2, 0) is 19.1 Å². The van der Waals surface area contributed by atoms with Gasteiger partial charge in [0.1, 0.15) is 6.04 Å². The maximum Gasteiger partial charge on any atom is 0.308 e. The van der Waals surface area contributed by atoms with Gasteiger partial charge in [0, 0.05) is 20.0 Å². The second-order valence-corrected chi connectivity index (χ2v) is 7.13. The average molecular weight is 369 g/mol. The minimum Gasteiger partial charge on any atom is -0.466 e. The van der Waals surface area contributed by atoms with Gasteiger partial charge in [0.15, 0.2) is 0 Å². The first-order valence-corrected chi connectivity index (χ1v) is 10.3. The van der Waals surface area contributed by atoms with Crippen molar-refractivity contribution in [1.82, 2.24) is 10.2 Å². The fourth-order valence-electron chi connectivity index (χ4n) is 3.29. The molecule has 0 radical (unpaired) electrons. The van der Waals surface area contributed by atoms with E-state index < -0.39 is 12.0 Å². The largest absolute Gasteiger partial charge is 0.466 e. The molecule has 1 atom stereocenters. The first kappa shape index (κ1) is 22.5. The summed E-state index contributed by atoms with van der Waals surface area (Å²) in [6.07, 6.45) is 12.2. The molecule has 6 heteroatoms. The molecule has 1 aliphatic heterocycles. The summed E-state index contributed by atoms with van der Waals surface area (Å²) in [5, 5.41) is 2.69. The third kappa shape index (κ3) is 9.20. The van der Waals surface area contributed by atoms with Crippen molar-refractivity contribution in [1.29, 1.82) is 0 Å². The molecule has 150 valence electrons. The lowest BCUT2D eigenvalue weighted by Crippen LogP contribution is -2.57. The van der Waals surface area contributed by atoms with Crippen molar-refractivity contribution in [3.8, 4) is 0 Å². The zero-order chi connectivity index (χ0) is 19.2. The molecule has 1 rings (SSSR count). The molecule has 0 aromatic rings. The number of hydrogen-bond donors (Lipinski definition) is 1. The highest BCUT2D eigenvalue weighted by Crippen LogP contribution is 2.12. The van der Waals surface area contributed by atoms with E-state index in [-0.39, 0.29) is 18.2 Å². The summed E-state index contributed by atoms with van der Waals surface area (Å²) in [7, 11) is 0. The summed E-state index contributed by atoms with van der Waals surface area (Å²) in [5.74, 6) is -0.871. The third-order valence-electron chi connectivity index (χ3n) is 4.86. The molecule has 1 fully saturated rings. The van der Waals surface area contributed by atoms with E-state index in [4.69, 9.17) is 4.74 Å². The molecule has 1 saturated heterocycles. The van der Waals surface area contributed by atoms with E-state index in [1.54, 1.807) is 0 Å². The number of ether oxygens (including phenoxy) is 1. The van der Waals surface area contributed by atoms with Crippen LogP contribution >= 0.6 is 0 Å². The zero-order valence-electron chi connectivity index (χ0n) is 16.6. The van der Waals surface area contributed by atoms with Crippen LogP contribution in [0.5, 0.6) is 0 Å². The number of unbranched alkanes of at least 4 members (excludes halogenated alkanes) is 9. The van der Waals surface area contributed by atoms with Crippen LogP contribution < -0.4 is 5.32 Å². The van der Waals surface area contributed by atoms with Crippen LogP contribution in [0.4, 0.5) is 0 Å². The first-order valence-electron chi connectivity index (χ1n) is 10.3. The van der Waals surface area contributed by atoms with Crippen LogP contribution in [0.15, 0.2) is 0 Å². The SMILES string of the molecule is CCCCCCCCCCCCOC(=O)CC1C(=O)NCCN1C(C)=O. The Bertz CT molecular complexity index is 440. The fraction of sp³-hybridized carbons (Fsp3) is 0.850. The van der Waals surface area contributed by atoms with Gasteiger partial charge in [0.2, 0.25) is 11.8 Å². The molecule has 0 aliphatic carbocycles. The first-order chi connectivity index (χ1) is 12.6. The number of carbonyl (C=O) groups excluding carboxylic acids is 3. The van der Waals surface area contributed by atoms with Gasteiger partial charge in [0.25, 0.3) is 0 Å². The Labute approximate surface area is 158 Å². The Kier molecular flexibility index (Phi) is 11.7. The van der Waals surface area contributed by atoms with Crippen molar-refractivity contribution in [3.63, 3.8) is 0 Å². The molecule has 0 aromatic heterocycles. The molecule has 2 amide bonds. The van der Waals surface area contributed by atoms with E-state index >= 15 is 0 Å². The smallest absolute Gasteiger partial charge is 0.308 e. The molecule has 0 saturated carbocycles. The van der Waals surface area contributed by atoms with Crippen LogP contribution in [0.25, 0.3) is 0 Å². The van der Waals surface area contributed by atoms with E-state index in [1.807, 2.05) is 0 Å². The van der Waals surface area contributed by atoms with Crippen LogP contribution in [0, 0.1) is 0 Å². The summed E-state index contributed by atoms with van der Waals surface area (Å²) in [5.41, 5.74) is 0. The number of nitrogens with zero attached hydrogens (tertiary/aromatic N) is 1. The lowest BCUT2D eigenvalue weighted by atomic mass is 10.1. The zero-order valence-corrected chi connectivity index (χ0v) is 16.6. The molecule has 6 nitrogen and oxygen atoms in total. The second kappa shape index (κ2) is 13.6. The van der Waals surface area contributed by atoms with Crippen molar-refractivity contribution in [2.75, 3.05) is 19.7 Å². The number of nitrogens with one attached hydrogen (secondary N) is 1. The van der Waals surface area contributed by atoms with E-state index in [1.165, 1.54) is 63.2 Å². The highest BCUT2D eigenvalue weighted by atomic mass is 16.5. The standard InChI is InChI=1S/C20H36N2O4/c1-3-4-5-6-7-8-9-10-11-12-15-26-19(24)16-18-20(25)21-13-14-22(18)17(2)23/h18H,3-16H2,1-2H3,(H,21,25). The van der Waals surface area contributed by atoms with Gasteiger partial charge < -0.3 is 15.0 Å². The lowest BCUT2D eigenvalue weighted by molar-refractivity contribution is -0.151. The molecule has 1 aliphatic rings. The molecule has 0 aromatic carbocycles. The molecule has 26 heavy (non-hydrogen) atoms. The Morgan fingerprint density at radius 1 is 1.04 bits per heavy atom. The lowest BCUT2D eigenvalue weighted by Gasteiger charge is -2.33. The highest BCUT2D eigenvalue weighted by Gasteiger charge is 2.33. The number of hydrogen-bond acceptors (Lipinski definition) is 4. The maximum absolute atomic E-state index is 11.9. The average Bonchev–Trinajstić information content (AvgIpc) is 2.61. The van der Waals surface area contributed by atoms with E-state index in [2.05, 4.69) is 12.2 Å². The van der Waals surface area contributed by atoms with E-state index in [9.17, 15) is 14.4 Å². The van der Waals surface area contributed by atoms with Gasteiger partial charge in [-0.3, -0.25) is 14.4 Å². The van der Waals surface area contributed by atoms with E-state index in [0.717, 1.165) is 12.8 Å². The van der Waals surface area contributed by atoms with Crippen molar-refractivity contribution in [3.05, 3.63) is 0 Å². The molecule has 0 bridgehead atoms. The van der Waals surface area contributed by atoms with Gasteiger partial charge in [-0.25, -0.2) is 0 Å². The van der Waals surface area contributed by atoms with Crippen molar-refractivity contribution in [2.45, 2.75) is 90.5 Å². The predicted molar refractivity (Wildman–Crippen MR) is 102 cm³/mol. The van der Waals surface area contributed by atoms with E-state index in [0.29, 0.717) is 19.7 Å². The number of rotatable bonds is 13. The van der Waals surface area contributed by atoms with Gasteiger partial charge in [0.05, 0.1) is 13.0 Å². The van der Waals surface area contributed by atoms with Crippen molar-refractivity contribution >= 4 is 17.8 Å². The maximum atomic E-state index is 11.9. The second-order valence-electron chi connectivity index (χ2n) is 7.13. The molecule has 1 N–H and O–H groups in total. The monoisotopic (exact) mass is 368 g/mol. The Hall–Kier alpha value is -1.59. The van der Waals surface area contributed by atoms with Crippen LogP contribution in [-0.4, -0.2) is 48.4 Å². The van der Waals surface area contributed by atoms with Crippen LogP contribution in [0.3, 0.4) is 0 Å². The van der Waals surface area contributed by atoms with Crippen molar-refractivity contribution < 1.29 is 19.1 Å². The molecule has 1 unspecified atom stereocenters. The minimum absolute atomic E-state index is 0.0663. The summed E-state index contributed by atoms with van der Waals surface area (Å²) in [4.78, 5) is 36.9. The van der Waals surface area contributed by atoms with Crippen molar-refractivity contribution in [2.24, 2.45) is 0 Å². The van der Waals surface area contributed by atoms with Gasteiger partial charge >= 0.3 is 5.97 Å². The summed E-state index contributed by atoms with van der Waals surface area (Å²) in [6, 6.07) is -0.735. The summed E-state index contributed by atoms with van der Waals surface area (Å²) >= 11 is 0. The van der Waals surface area contributed by atoms with Gasteiger partial charge in [-0.05, 0) is 6.42 Å². The quantitative estimate of drug-likeness (QED) is 0.400. The van der Waals surface area contributed by atoms with Gasteiger partial charge in [-0.1, -0.05) is 64.7 Å². The number of esters is 1.